The number of carbonyl (C=O) groups is 1. The van der Waals surface area contributed by atoms with Crippen molar-refractivity contribution < 1.29 is 9.90 Å². The molecular formula is C24H27ClN2O2. The molecule has 29 heavy (non-hydrogen) atoms. The fraction of sp³-hybridized carbons (Fsp3) is 0.333. The molecular weight excluding hydrogens is 384 g/mol. The molecule has 0 heterocycles. The summed E-state index contributed by atoms with van der Waals surface area (Å²) in [4.78, 5) is 12.6. The lowest BCUT2D eigenvalue weighted by atomic mass is 9.78. The highest BCUT2D eigenvalue weighted by Crippen LogP contribution is 2.40. The Kier molecular flexibility index (Phi) is 6.45. The first-order chi connectivity index (χ1) is 13.3. The van der Waals surface area contributed by atoms with Crippen molar-refractivity contribution in [3.8, 4) is 11.8 Å². The van der Waals surface area contributed by atoms with E-state index in [1.807, 2.05) is 59.7 Å². The minimum atomic E-state index is -0.516. The Morgan fingerprint density at radius 1 is 1.07 bits per heavy atom. The molecule has 0 saturated heterocycles. The Morgan fingerprint density at radius 3 is 2.07 bits per heavy atom. The van der Waals surface area contributed by atoms with E-state index in [0.717, 1.165) is 11.1 Å². The van der Waals surface area contributed by atoms with Crippen LogP contribution in [0.1, 0.15) is 58.2 Å². The van der Waals surface area contributed by atoms with Gasteiger partial charge in [0.15, 0.2) is 0 Å². The molecule has 0 spiro atoms. The average molecular weight is 411 g/mol. The van der Waals surface area contributed by atoms with Gasteiger partial charge in [-0.3, -0.25) is 4.79 Å². The van der Waals surface area contributed by atoms with Gasteiger partial charge in [0, 0.05) is 21.8 Å². The minimum absolute atomic E-state index is 0.0321. The summed E-state index contributed by atoms with van der Waals surface area (Å²) in [5.41, 5.74) is 2.10. The molecule has 0 aliphatic rings. The Bertz CT molecular complexity index is 968. The van der Waals surface area contributed by atoms with Crippen molar-refractivity contribution in [2.45, 2.75) is 52.4 Å². The number of nitriles is 1. The van der Waals surface area contributed by atoms with E-state index in [2.05, 4.69) is 5.32 Å². The Labute approximate surface area is 177 Å². The first kappa shape index (κ1) is 22.5. The summed E-state index contributed by atoms with van der Waals surface area (Å²) in [6, 6.07) is 12.4. The molecule has 4 nitrogen and oxygen atoms in total. The third kappa shape index (κ3) is 5.62. The van der Waals surface area contributed by atoms with Crippen molar-refractivity contribution in [1.29, 1.82) is 5.26 Å². The Hall–Kier alpha value is -2.77. The first-order valence-electron chi connectivity index (χ1n) is 9.39. The number of hydrogen-bond acceptors (Lipinski definition) is 3. The van der Waals surface area contributed by atoms with Gasteiger partial charge in [-0.25, -0.2) is 0 Å². The number of anilines is 1. The van der Waals surface area contributed by atoms with E-state index in [-0.39, 0.29) is 22.2 Å². The molecule has 0 radical (unpaired) electrons. The predicted octanol–water partition coefficient (Wildman–Crippen LogP) is 6.19. The fourth-order valence-electron chi connectivity index (χ4n) is 2.96. The zero-order valence-corrected chi connectivity index (χ0v) is 18.5. The van der Waals surface area contributed by atoms with E-state index < -0.39 is 5.91 Å². The normalized spacial score (nSPS) is 12.4. The summed E-state index contributed by atoms with van der Waals surface area (Å²) in [6.07, 6.45) is 1.55. The van der Waals surface area contributed by atoms with Crippen LogP contribution in [-0.4, -0.2) is 11.0 Å². The summed E-state index contributed by atoms with van der Waals surface area (Å²) < 4.78 is 0. The highest BCUT2D eigenvalue weighted by Gasteiger charge is 2.26. The van der Waals surface area contributed by atoms with Gasteiger partial charge >= 0.3 is 0 Å². The van der Waals surface area contributed by atoms with E-state index in [4.69, 9.17) is 11.6 Å². The van der Waals surface area contributed by atoms with Crippen molar-refractivity contribution in [2.75, 3.05) is 5.32 Å². The molecule has 1 amide bonds. The molecule has 0 aromatic heterocycles. The van der Waals surface area contributed by atoms with E-state index in [1.54, 1.807) is 30.3 Å². The molecule has 2 rings (SSSR count). The average Bonchev–Trinajstić information content (AvgIpc) is 2.58. The van der Waals surface area contributed by atoms with Crippen molar-refractivity contribution in [3.05, 3.63) is 63.7 Å². The van der Waals surface area contributed by atoms with Crippen LogP contribution in [-0.2, 0) is 15.6 Å². The van der Waals surface area contributed by atoms with Crippen LogP contribution in [0.25, 0.3) is 6.08 Å². The van der Waals surface area contributed by atoms with Crippen molar-refractivity contribution >= 4 is 29.3 Å². The summed E-state index contributed by atoms with van der Waals surface area (Å²) in [7, 11) is 0. The third-order valence-electron chi connectivity index (χ3n) is 4.51. The molecule has 0 saturated carbocycles. The van der Waals surface area contributed by atoms with Gasteiger partial charge in [0.1, 0.15) is 17.4 Å². The number of nitrogens with one attached hydrogen (secondary N) is 1. The number of phenolic OH excluding ortho intramolecular Hbond substituents is 1. The number of rotatable bonds is 3. The molecule has 0 bridgehead atoms. The van der Waals surface area contributed by atoms with Crippen LogP contribution in [0.2, 0.25) is 5.02 Å². The number of nitrogens with zero attached hydrogens (tertiary/aromatic N) is 1. The van der Waals surface area contributed by atoms with Crippen molar-refractivity contribution in [1.82, 2.24) is 0 Å². The number of halogens is 1. The Morgan fingerprint density at radius 2 is 1.62 bits per heavy atom. The predicted molar refractivity (Wildman–Crippen MR) is 119 cm³/mol. The van der Waals surface area contributed by atoms with Crippen LogP contribution in [0, 0.1) is 11.3 Å². The van der Waals surface area contributed by atoms with Gasteiger partial charge in [-0.1, -0.05) is 59.2 Å². The minimum Gasteiger partial charge on any atom is -0.507 e. The SMILES string of the molecule is CC(C)(C)c1cc(/C=C(\C#N)C(=O)Nc2cccc(Cl)c2)cc(C(C)(C)C)c1O. The van der Waals surface area contributed by atoms with Gasteiger partial charge in [0.2, 0.25) is 0 Å². The van der Waals surface area contributed by atoms with Crippen LogP contribution >= 0.6 is 11.6 Å². The number of hydrogen-bond donors (Lipinski definition) is 2. The summed E-state index contributed by atoms with van der Waals surface area (Å²) in [6.45, 7) is 12.1. The second-order valence-electron chi connectivity index (χ2n) is 9.10. The van der Waals surface area contributed by atoms with Crippen molar-refractivity contribution in [2.24, 2.45) is 0 Å². The van der Waals surface area contributed by atoms with Crippen LogP contribution in [0.3, 0.4) is 0 Å². The first-order valence-corrected chi connectivity index (χ1v) is 9.77. The Balaban J connectivity index is 2.52. The quantitative estimate of drug-likeness (QED) is 0.468. The maximum absolute atomic E-state index is 12.6. The van der Waals surface area contributed by atoms with Gasteiger partial charge < -0.3 is 10.4 Å². The highest BCUT2D eigenvalue weighted by molar-refractivity contribution is 6.31. The third-order valence-corrected chi connectivity index (χ3v) is 4.74. The molecule has 0 aliphatic carbocycles. The zero-order chi connectivity index (χ0) is 22.0. The topological polar surface area (TPSA) is 73.1 Å². The number of amides is 1. The molecule has 2 aromatic carbocycles. The maximum atomic E-state index is 12.6. The zero-order valence-electron chi connectivity index (χ0n) is 17.7. The monoisotopic (exact) mass is 410 g/mol. The lowest BCUT2D eigenvalue weighted by molar-refractivity contribution is -0.112. The van der Waals surface area contributed by atoms with Crippen molar-refractivity contribution in [3.63, 3.8) is 0 Å². The number of carbonyl (C=O) groups excluding carboxylic acids is 1. The number of benzene rings is 2. The van der Waals surface area contributed by atoms with E-state index in [1.165, 1.54) is 0 Å². The standard InChI is InChI=1S/C24H27ClN2O2/c1-23(2,3)19-11-15(12-20(21(19)28)24(4,5)6)10-16(14-26)22(29)27-18-9-7-8-17(25)13-18/h7-13,28H,1-6H3,(H,27,29)/b16-10+. The van der Waals surface area contributed by atoms with E-state index in [9.17, 15) is 15.2 Å². The molecule has 0 unspecified atom stereocenters. The number of phenols is 1. The van der Waals surface area contributed by atoms with Crippen LogP contribution < -0.4 is 5.32 Å². The van der Waals surface area contributed by atoms with E-state index >= 15 is 0 Å². The van der Waals surface area contributed by atoms with Gasteiger partial charge in [0.05, 0.1) is 0 Å². The maximum Gasteiger partial charge on any atom is 0.266 e. The lowest BCUT2D eigenvalue weighted by Gasteiger charge is -2.28. The van der Waals surface area contributed by atoms with Crippen LogP contribution in [0.5, 0.6) is 5.75 Å². The van der Waals surface area contributed by atoms with Gasteiger partial charge in [-0.05, 0) is 52.8 Å². The van der Waals surface area contributed by atoms with E-state index in [0.29, 0.717) is 16.3 Å². The molecule has 152 valence electrons. The fourth-order valence-corrected chi connectivity index (χ4v) is 3.15. The summed E-state index contributed by atoms with van der Waals surface area (Å²) in [5.74, 6) is -0.263. The molecule has 0 atom stereocenters. The molecule has 5 heteroatoms. The lowest BCUT2D eigenvalue weighted by Crippen LogP contribution is -2.18. The summed E-state index contributed by atoms with van der Waals surface area (Å²) >= 11 is 5.95. The van der Waals surface area contributed by atoms with Gasteiger partial charge in [0.25, 0.3) is 5.91 Å². The highest BCUT2D eigenvalue weighted by atomic mass is 35.5. The van der Waals surface area contributed by atoms with Gasteiger partial charge in [-0.2, -0.15) is 5.26 Å². The second-order valence-corrected chi connectivity index (χ2v) is 9.54. The molecule has 0 fully saturated rings. The molecule has 2 N–H and O–H groups in total. The molecule has 0 aliphatic heterocycles. The molecule has 2 aromatic rings. The second kappa shape index (κ2) is 8.31. The summed E-state index contributed by atoms with van der Waals surface area (Å²) in [5, 5.41) is 23.6. The number of aromatic hydroxyl groups is 1. The van der Waals surface area contributed by atoms with Gasteiger partial charge in [-0.15, -0.1) is 0 Å². The van der Waals surface area contributed by atoms with Crippen LogP contribution in [0.15, 0.2) is 42.0 Å². The largest absolute Gasteiger partial charge is 0.507 e. The van der Waals surface area contributed by atoms with Crippen LogP contribution in [0.4, 0.5) is 5.69 Å². The smallest absolute Gasteiger partial charge is 0.266 e.